The van der Waals surface area contributed by atoms with Crippen molar-refractivity contribution in [2.45, 2.75) is 84.8 Å². The van der Waals surface area contributed by atoms with E-state index in [0.29, 0.717) is 23.0 Å². The van der Waals surface area contributed by atoms with Gasteiger partial charge in [-0.2, -0.15) is 0 Å². The van der Waals surface area contributed by atoms with Gasteiger partial charge < -0.3 is 4.74 Å². The van der Waals surface area contributed by atoms with Crippen molar-refractivity contribution in [2.24, 2.45) is 34.5 Å². The number of hydrogen-bond donors (Lipinski definition) is 0. The Morgan fingerprint density at radius 2 is 1.88 bits per heavy atom. The molecule has 0 aromatic heterocycles. The standard InChI is InChI=1S/C23H36O/c1-15(2)24-21-9-8-19-18-7-6-17-14-16(3)10-12-22(17,4)20(18)11-13-23(19,21)5/h10,12,15,17-21H,3,6-9,11,13-14H2,1-2,4-5H3/t17-,18-,19-,20-,21-,22-,23-/m0/s1. The van der Waals surface area contributed by atoms with Gasteiger partial charge in [-0.3, -0.25) is 0 Å². The van der Waals surface area contributed by atoms with Crippen LogP contribution in [0.5, 0.6) is 0 Å². The molecule has 24 heavy (non-hydrogen) atoms. The first-order valence-electron chi connectivity index (χ1n) is 10.4. The fraction of sp³-hybridized carbons (Fsp3) is 0.826. The molecule has 0 N–H and O–H groups in total. The van der Waals surface area contributed by atoms with E-state index in [9.17, 15) is 0 Å². The maximum Gasteiger partial charge on any atom is 0.0635 e. The Bertz CT molecular complexity index is 546. The van der Waals surface area contributed by atoms with Gasteiger partial charge in [0.15, 0.2) is 0 Å². The molecule has 3 fully saturated rings. The van der Waals surface area contributed by atoms with E-state index < -0.39 is 0 Å². The summed E-state index contributed by atoms with van der Waals surface area (Å²) in [7, 11) is 0. The van der Waals surface area contributed by atoms with Crippen molar-refractivity contribution >= 4 is 0 Å². The summed E-state index contributed by atoms with van der Waals surface area (Å²) in [4.78, 5) is 0. The Labute approximate surface area is 148 Å². The van der Waals surface area contributed by atoms with Crippen LogP contribution in [0.1, 0.15) is 72.6 Å². The smallest absolute Gasteiger partial charge is 0.0635 e. The van der Waals surface area contributed by atoms with E-state index >= 15 is 0 Å². The van der Waals surface area contributed by atoms with Crippen LogP contribution in [0.25, 0.3) is 0 Å². The molecule has 4 aliphatic rings. The van der Waals surface area contributed by atoms with E-state index in [1.54, 1.807) is 0 Å². The van der Waals surface area contributed by atoms with Crippen LogP contribution in [0.15, 0.2) is 24.3 Å². The van der Waals surface area contributed by atoms with E-state index in [2.05, 4.69) is 46.4 Å². The molecule has 1 nitrogen and oxygen atoms in total. The number of fused-ring (bicyclic) bond motifs is 5. The van der Waals surface area contributed by atoms with E-state index in [1.165, 1.54) is 50.5 Å². The van der Waals surface area contributed by atoms with Crippen LogP contribution in [-0.4, -0.2) is 12.2 Å². The van der Waals surface area contributed by atoms with Gasteiger partial charge in [0, 0.05) is 0 Å². The summed E-state index contributed by atoms with van der Waals surface area (Å²) < 4.78 is 6.38. The van der Waals surface area contributed by atoms with Gasteiger partial charge in [0.2, 0.25) is 0 Å². The largest absolute Gasteiger partial charge is 0.375 e. The van der Waals surface area contributed by atoms with Crippen molar-refractivity contribution in [3.63, 3.8) is 0 Å². The molecule has 0 aliphatic heterocycles. The molecule has 0 amide bonds. The fourth-order valence-electron chi connectivity index (χ4n) is 7.24. The molecule has 7 atom stereocenters. The summed E-state index contributed by atoms with van der Waals surface area (Å²) in [6.07, 6.45) is 15.3. The topological polar surface area (TPSA) is 9.23 Å². The van der Waals surface area contributed by atoms with Crippen LogP contribution in [0, 0.1) is 34.5 Å². The zero-order valence-corrected chi connectivity index (χ0v) is 16.2. The molecular weight excluding hydrogens is 292 g/mol. The Morgan fingerprint density at radius 3 is 2.62 bits per heavy atom. The molecule has 0 heterocycles. The van der Waals surface area contributed by atoms with Gasteiger partial charge in [0.25, 0.3) is 0 Å². The molecule has 0 aromatic rings. The Hall–Kier alpha value is -0.560. The maximum atomic E-state index is 6.38. The molecule has 0 aromatic carbocycles. The van der Waals surface area contributed by atoms with Gasteiger partial charge in [-0.25, -0.2) is 0 Å². The lowest BCUT2D eigenvalue weighted by Gasteiger charge is -2.59. The van der Waals surface area contributed by atoms with Gasteiger partial charge in [-0.1, -0.05) is 38.2 Å². The third-order valence-corrected chi connectivity index (χ3v) is 8.50. The van der Waals surface area contributed by atoms with Crippen LogP contribution < -0.4 is 0 Å². The lowest BCUT2D eigenvalue weighted by Crippen LogP contribution is -2.52. The molecule has 3 saturated carbocycles. The Kier molecular flexibility index (Phi) is 4.03. The summed E-state index contributed by atoms with van der Waals surface area (Å²) in [6.45, 7) is 13.8. The van der Waals surface area contributed by atoms with Gasteiger partial charge in [0.1, 0.15) is 0 Å². The SMILES string of the molecule is C=C1C=C[C@@]2(C)[C@@H](CC[C@@H]3[C@@H]2CC[C@]2(C)[C@@H](OC(C)C)CC[C@@H]32)C1. The number of rotatable bonds is 2. The van der Waals surface area contributed by atoms with Crippen molar-refractivity contribution in [3.8, 4) is 0 Å². The predicted molar refractivity (Wildman–Crippen MR) is 101 cm³/mol. The summed E-state index contributed by atoms with van der Waals surface area (Å²) in [5, 5.41) is 0. The maximum absolute atomic E-state index is 6.38. The Balaban J connectivity index is 1.61. The molecule has 0 unspecified atom stereocenters. The second kappa shape index (κ2) is 5.73. The monoisotopic (exact) mass is 328 g/mol. The van der Waals surface area contributed by atoms with Crippen molar-refractivity contribution in [3.05, 3.63) is 24.3 Å². The van der Waals surface area contributed by atoms with E-state index in [4.69, 9.17) is 4.74 Å². The molecule has 4 aliphatic carbocycles. The highest BCUT2D eigenvalue weighted by Gasteiger charge is 2.59. The van der Waals surface area contributed by atoms with Crippen molar-refractivity contribution < 1.29 is 4.74 Å². The first-order chi connectivity index (χ1) is 11.3. The normalized spacial score (nSPS) is 50.5. The zero-order valence-electron chi connectivity index (χ0n) is 16.2. The first kappa shape index (κ1) is 16.9. The third-order valence-electron chi connectivity index (χ3n) is 8.50. The van der Waals surface area contributed by atoms with Gasteiger partial charge in [-0.15, -0.1) is 0 Å². The van der Waals surface area contributed by atoms with Crippen molar-refractivity contribution in [1.82, 2.24) is 0 Å². The average Bonchev–Trinajstić information content (AvgIpc) is 2.84. The molecule has 0 bridgehead atoms. The minimum atomic E-state index is 0.365. The first-order valence-corrected chi connectivity index (χ1v) is 10.4. The van der Waals surface area contributed by atoms with Gasteiger partial charge in [-0.05, 0) is 93.3 Å². The van der Waals surface area contributed by atoms with Crippen LogP contribution in [-0.2, 0) is 4.74 Å². The molecule has 4 rings (SSSR count). The Morgan fingerprint density at radius 1 is 1.08 bits per heavy atom. The molecule has 1 heteroatoms. The summed E-state index contributed by atoms with van der Waals surface area (Å²) >= 11 is 0. The minimum absolute atomic E-state index is 0.365. The van der Waals surface area contributed by atoms with E-state index in [-0.39, 0.29) is 0 Å². The summed E-state index contributed by atoms with van der Waals surface area (Å²) in [6, 6.07) is 0. The van der Waals surface area contributed by atoms with Crippen LogP contribution in [0.2, 0.25) is 0 Å². The third kappa shape index (κ3) is 2.37. The summed E-state index contributed by atoms with van der Waals surface area (Å²) in [5.74, 6) is 3.53. The van der Waals surface area contributed by atoms with Crippen molar-refractivity contribution in [2.75, 3.05) is 0 Å². The van der Waals surface area contributed by atoms with Gasteiger partial charge >= 0.3 is 0 Å². The van der Waals surface area contributed by atoms with Gasteiger partial charge in [0.05, 0.1) is 12.2 Å². The second-order valence-corrected chi connectivity index (χ2v) is 10.0. The highest BCUT2D eigenvalue weighted by molar-refractivity contribution is 5.27. The molecule has 0 saturated heterocycles. The van der Waals surface area contributed by atoms with Crippen LogP contribution in [0.3, 0.4) is 0 Å². The molecule has 0 spiro atoms. The lowest BCUT2D eigenvalue weighted by atomic mass is 9.46. The highest BCUT2D eigenvalue weighted by Crippen LogP contribution is 2.65. The molecule has 0 radical (unpaired) electrons. The van der Waals surface area contributed by atoms with Crippen LogP contribution >= 0.6 is 0 Å². The van der Waals surface area contributed by atoms with Crippen molar-refractivity contribution in [1.29, 1.82) is 0 Å². The van der Waals surface area contributed by atoms with E-state index in [1.807, 2.05) is 0 Å². The second-order valence-electron chi connectivity index (χ2n) is 10.0. The zero-order chi connectivity index (χ0) is 17.1. The number of hydrogen-bond acceptors (Lipinski definition) is 1. The minimum Gasteiger partial charge on any atom is -0.375 e. The summed E-state index contributed by atoms with van der Waals surface area (Å²) in [5.41, 5.74) is 2.20. The number of ether oxygens (including phenoxy) is 1. The number of allylic oxidation sites excluding steroid dienone is 3. The molecule has 134 valence electrons. The predicted octanol–water partition coefficient (Wildman–Crippen LogP) is 6.15. The lowest BCUT2D eigenvalue weighted by molar-refractivity contribution is -0.120. The highest BCUT2D eigenvalue weighted by atomic mass is 16.5. The van der Waals surface area contributed by atoms with E-state index in [0.717, 1.165) is 23.7 Å². The quantitative estimate of drug-likeness (QED) is 0.590. The fourth-order valence-corrected chi connectivity index (χ4v) is 7.24. The molecular formula is C23H36O. The average molecular weight is 329 g/mol. The van der Waals surface area contributed by atoms with Crippen LogP contribution in [0.4, 0.5) is 0 Å².